The number of carbonyl (C=O) groups excluding carboxylic acids is 1. The molecule has 1 atom stereocenters. The number of thiazole rings is 1. The predicted octanol–water partition coefficient (Wildman–Crippen LogP) is 4.16. The number of benzene rings is 3. The summed E-state index contributed by atoms with van der Waals surface area (Å²) in [7, 11) is -2.32. The minimum absolute atomic E-state index is 0.0968. The standard InChI is InChI=1S/C24H20ClN3O5S2/c1-14-3-7-17(8-4-14)35(31,32)28-13-21(33-20-10-5-15(25)11-19(20)28)23(29)26-16-6-9-18-22(12-16)34-24(30)27(18)2/h3-12,21H,13H2,1-2H3,(H,26,29)/t21-/m0/s1. The minimum Gasteiger partial charge on any atom is -0.476 e. The largest absolute Gasteiger partial charge is 0.476 e. The van der Waals surface area contributed by atoms with Gasteiger partial charge in [-0.2, -0.15) is 0 Å². The Balaban J connectivity index is 1.47. The third kappa shape index (κ3) is 4.29. The summed E-state index contributed by atoms with van der Waals surface area (Å²) in [5.41, 5.74) is 2.42. The van der Waals surface area contributed by atoms with Crippen molar-refractivity contribution in [2.24, 2.45) is 7.05 Å². The number of amides is 1. The van der Waals surface area contributed by atoms with E-state index in [1.807, 2.05) is 6.92 Å². The molecule has 4 aromatic rings. The summed E-state index contributed by atoms with van der Waals surface area (Å²) in [4.78, 5) is 25.1. The topological polar surface area (TPSA) is 97.7 Å². The lowest BCUT2D eigenvalue weighted by Crippen LogP contribution is -2.48. The Labute approximate surface area is 210 Å². The van der Waals surface area contributed by atoms with E-state index in [0.717, 1.165) is 31.4 Å². The molecule has 1 aromatic heterocycles. The zero-order valence-corrected chi connectivity index (χ0v) is 21.1. The van der Waals surface area contributed by atoms with Gasteiger partial charge in [-0.25, -0.2) is 8.42 Å². The van der Waals surface area contributed by atoms with Crippen molar-refractivity contribution < 1.29 is 17.9 Å². The summed E-state index contributed by atoms with van der Waals surface area (Å²) in [5, 5.41) is 3.12. The number of rotatable bonds is 4. The molecule has 0 spiro atoms. The maximum absolute atomic E-state index is 13.5. The number of aromatic nitrogens is 1. The smallest absolute Gasteiger partial charge is 0.307 e. The first-order valence-electron chi connectivity index (χ1n) is 10.6. The fraction of sp³-hybridized carbons (Fsp3) is 0.167. The van der Waals surface area contributed by atoms with Crippen molar-refractivity contribution in [3.8, 4) is 5.75 Å². The molecular formula is C24H20ClN3O5S2. The Hall–Kier alpha value is -3.34. The number of anilines is 2. The van der Waals surface area contributed by atoms with Crippen molar-refractivity contribution in [1.29, 1.82) is 0 Å². The summed E-state index contributed by atoms with van der Waals surface area (Å²) in [6, 6.07) is 16.2. The number of carbonyl (C=O) groups is 1. The van der Waals surface area contributed by atoms with Crippen molar-refractivity contribution >= 4 is 60.5 Å². The van der Waals surface area contributed by atoms with E-state index >= 15 is 0 Å². The van der Waals surface area contributed by atoms with Crippen LogP contribution in [-0.4, -0.2) is 31.5 Å². The van der Waals surface area contributed by atoms with Crippen LogP contribution >= 0.6 is 22.9 Å². The molecule has 8 nitrogen and oxygen atoms in total. The number of hydrogen-bond acceptors (Lipinski definition) is 6. The zero-order chi connectivity index (χ0) is 24.9. The van der Waals surface area contributed by atoms with Crippen LogP contribution in [0.5, 0.6) is 5.75 Å². The van der Waals surface area contributed by atoms with E-state index in [9.17, 15) is 18.0 Å². The third-order valence-electron chi connectivity index (χ3n) is 5.75. The van der Waals surface area contributed by atoms with Gasteiger partial charge in [0.1, 0.15) is 5.75 Å². The van der Waals surface area contributed by atoms with Gasteiger partial charge in [0.25, 0.3) is 15.9 Å². The van der Waals surface area contributed by atoms with Crippen molar-refractivity contribution in [2.75, 3.05) is 16.2 Å². The quantitative estimate of drug-likeness (QED) is 0.428. The van der Waals surface area contributed by atoms with E-state index in [-0.39, 0.29) is 27.8 Å². The predicted molar refractivity (Wildman–Crippen MR) is 137 cm³/mol. The number of aryl methyl sites for hydroxylation is 2. The highest BCUT2D eigenvalue weighted by molar-refractivity contribution is 7.92. The summed E-state index contributed by atoms with van der Waals surface area (Å²) in [6.45, 7) is 1.63. The van der Waals surface area contributed by atoms with Gasteiger partial charge in [0, 0.05) is 17.8 Å². The molecule has 35 heavy (non-hydrogen) atoms. The van der Waals surface area contributed by atoms with Gasteiger partial charge in [0.05, 0.1) is 27.3 Å². The molecule has 0 bridgehead atoms. The molecule has 0 aliphatic carbocycles. The second kappa shape index (κ2) is 8.71. The first-order chi connectivity index (χ1) is 16.6. The second-order valence-electron chi connectivity index (χ2n) is 8.17. The molecule has 1 aliphatic heterocycles. The molecule has 1 N–H and O–H groups in total. The summed E-state index contributed by atoms with van der Waals surface area (Å²) in [5.74, 6) is -0.287. The lowest BCUT2D eigenvalue weighted by Gasteiger charge is -2.34. The van der Waals surface area contributed by atoms with E-state index in [4.69, 9.17) is 16.3 Å². The van der Waals surface area contributed by atoms with E-state index in [1.54, 1.807) is 49.5 Å². The van der Waals surface area contributed by atoms with Crippen molar-refractivity contribution in [3.05, 3.63) is 80.9 Å². The molecule has 11 heteroatoms. The van der Waals surface area contributed by atoms with Gasteiger partial charge in [-0.15, -0.1) is 0 Å². The van der Waals surface area contributed by atoms with Crippen LogP contribution in [0.2, 0.25) is 5.02 Å². The molecule has 180 valence electrons. The normalized spacial score (nSPS) is 15.5. The Kier molecular flexibility index (Phi) is 5.82. The molecule has 0 radical (unpaired) electrons. The van der Waals surface area contributed by atoms with Crippen molar-refractivity contribution in [1.82, 2.24) is 4.57 Å². The Morgan fingerprint density at radius 3 is 2.60 bits per heavy atom. The fourth-order valence-corrected chi connectivity index (χ4v) is 6.41. The van der Waals surface area contributed by atoms with Crippen LogP contribution < -0.4 is 19.2 Å². The SMILES string of the molecule is Cc1ccc(S(=O)(=O)N2C[C@@H](C(=O)Nc3ccc4c(c3)sc(=O)n4C)Oc3ccc(Cl)cc32)cc1. The van der Waals surface area contributed by atoms with Gasteiger partial charge in [-0.1, -0.05) is 40.6 Å². The van der Waals surface area contributed by atoms with Crippen LogP contribution in [0.25, 0.3) is 10.2 Å². The zero-order valence-electron chi connectivity index (χ0n) is 18.7. The number of fused-ring (bicyclic) bond motifs is 2. The minimum atomic E-state index is -4.00. The van der Waals surface area contributed by atoms with E-state index < -0.39 is 22.0 Å². The van der Waals surface area contributed by atoms with Crippen molar-refractivity contribution in [3.63, 3.8) is 0 Å². The maximum Gasteiger partial charge on any atom is 0.307 e. The molecule has 0 unspecified atom stereocenters. The highest BCUT2D eigenvalue weighted by Gasteiger charge is 2.37. The number of sulfonamides is 1. The maximum atomic E-state index is 13.5. The number of ether oxygens (including phenoxy) is 1. The molecule has 0 saturated heterocycles. The Morgan fingerprint density at radius 2 is 1.86 bits per heavy atom. The van der Waals surface area contributed by atoms with Crippen LogP contribution in [0.1, 0.15) is 5.56 Å². The molecular weight excluding hydrogens is 510 g/mol. The highest BCUT2D eigenvalue weighted by atomic mass is 35.5. The lowest BCUT2D eigenvalue weighted by molar-refractivity contribution is -0.122. The molecule has 0 saturated carbocycles. The third-order valence-corrected chi connectivity index (χ3v) is 8.78. The molecule has 5 rings (SSSR count). The molecule has 2 heterocycles. The highest BCUT2D eigenvalue weighted by Crippen LogP contribution is 2.39. The number of nitrogens with zero attached hydrogens (tertiary/aromatic N) is 2. The van der Waals surface area contributed by atoms with E-state index in [1.165, 1.54) is 22.8 Å². The Morgan fingerprint density at radius 1 is 1.11 bits per heavy atom. The first-order valence-corrected chi connectivity index (χ1v) is 13.2. The summed E-state index contributed by atoms with van der Waals surface area (Å²) in [6.07, 6.45) is -1.12. The van der Waals surface area contributed by atoms with Crippen LogP contribution in [0.3, 0.4) is 0 Å². The van der Waals surface area contributed by atoms with E-state index in [0.29, 0.717) is 10.7 Å². The van der Waals surface area contributed by atoms with Gasteiger partial charge in [-0.05, 0) is 55.5 Å². The summed E-state index contributed by atoms with van der Waals surface area (Å²) >= 11 is 7.22. The second-order valence-corrected chi connectivity index (χ2v) is 11.5. The number of halogens is 1. The van der Waals surface area contributed by atoms with Crippen LogP contribution in [0.4, 0.5) is 11.4 Å². The lowest BCUT2D eigenvalue weighted by atomic mass is 10.2. The average molecular weight is 530 g/mol. The fourth-order valence-electron chi connectivity index (χ4n) is 3.86. The average Bonchev–Trinajstić information content (AvgIpc) is 3.11. The summed E-state index contributed by atoms with van der Waals surface area (Å²) < 4.78 is 36.4. The Bertz CT molecular complexity index is 1630. The molecule has 3 aromatic carbocycles. The van der Waals surface area contributed by atoms with Crippen LogP contribution in [0, 0.1) is 6.92 Å². The van der Waals surface area contributed by atoms with E-state index in [2.05, 4.69) is 5.32 Å². The van der Waals surface area contributed by atoms with Crippen LogP contribution in [-0.2, 0) is 21.9 Å². The first kappa shape index (κ1) is 23.4. The molecule has 1 aliphatic rings. The van der Waals surface area contributed by atoms with Gasteiger partial charge < -0.3 is 14.6 Å². The molecule has 1 amide bonds. The molecule has 0 fully saturated rings. The van der Waals surface area contributed by atoms with Crippen molar-refractivity contribution in [2.45, 2.75) is 17.9 Å². The van der Waals surface area contributed by atoms with Gasteiger partial charge >= 0.3 is 4.87 Å². The van der Waals surface area contributed by atoms with Gasteiger partial charge in [-0.3, -0.25) is 13.9 Å². The van der Waals surface area contributed by atoms with Crippen LogP contribution in [0.15, 0.2) is 70.4 Å². The monoisotopic (exact) mass is 529 g/mol. The van der Waals surface area contributed by atoms with Gasteiger partial charge in [0.15, 0.2) is 6.10 Å². The number of nitrogens with one attached hydrogen (secondary N) is 1. The van der Waals surface area contributed by atoms with Gasteiger partial charge in [0.2, 0.25) is 0 Å². The number of hydrogen-bond donors (Lipinski definition) is 1.